The van der Waals surface area contributed by atoms with Crippen molar-refractivity contribution in [1.82, 2.24) is 9.55 Å². The maximum Gasteiger partial charge on any atom is 0.399 e. The number of aromatic nitrogens is 2. The standard InChI is InChI=1S/C17H17BFN2O6PS/c1-9-7-21(16(29)20-15(9)22)14-5-4-13(25-14)17(18,23)27-28-24-8-10-6-11(19)2-3-12(10)26-28/h2-3,6-7,13-14,23H,4-5,8H2,1H3,(H,20,22,29). The molecule has 3 heterocycles. The van der Waals surface area contributed by atoms with Crippen LogP contribution < -0.4 is 10.1 Å². The van der Waals surface area contributed by atoms with E-state index in [0.29, 0.717) is 29.7 Å². The number of aliphatic hydroxyl groups is 1. The lowest BCUT2D eigenvalue weighted by atomic mass is 9.88. The van der Waals surface area contributed by atoms with Crippen molar-refractivity contribution in [2.24, 2.45) is 0 Å². The van der Waals surface area contributed by atoms with E-state index in [1.54, 1.807) is 17.7 Å². The minimum atomic E-state index is -2.18. The summed E-state index contributed by atoms with van der Waals surface area (Å²) in [6.45, 7) is 1.72. The van der Waals surface area contributed by atoms with Gasteiger partial charge in [-0.15, -0.1) is 0 Å². The maximum absolute atomic E-state index is 13.3. The van der Waals surface area contributed by atoms with Gasteiger partial charge in [0.25, 0.3) is 5.56 Å². The average molecular weight is 438 g/mol. The number of hydrogen-bond acceptors (Lipinski definition) is 7. The SMILES string of the molecule is [B]C(O)(OP1OCc2cc(F)ccc2O1)C1CCC(n2cc(C)c(=O)[nH]c2=S)O1. The molecule has 0 saturated carbocycles. The summed E-state index contributed by atoms with van der Waals surface area (Å²) < 4.78 is 37.3. The van der Waals surface area contributed by atoms with Gasteiger partial charge in [-0.1, -0.05) is 0 Å². The second-order valence-electron chi connectivity index (χ2n) is 6.82. The minimum Gasteiger partial charge on any atom is -0.426 e. The Hall–Kier alpha value is -1.62. The molecule has 152 valence electrons. The molecule has 12 heteroatoms. The Morgan fingerprint density at radius 3 is 3.07 bits per heavy atom. The molecule has 0 bridgehead atoms. The topological polar surface area (TPSA) is 94.9 Å². The molecule has 29 heavy (non-hydrogen) atoms. The highest BCUT2D eigenvalue weighted by atomic mass is 32.1. The molecule has 1 saturated heterocycles. The molecule has 8 nitrogen and oxygen atoms in total. The van der Waals surface area contributed by atoms with E-state index in [2.05, 4.69) is 4.98 Å². The monoisotopic (exact) mass is 438 g/mol. The van der Waals surface area contributed by atoms with Crippen molar-refractivity contribution < 1.29 is 27.8 Å². The molecular formula is C17H17BFN2O6PS. The molecule has 1 fully saturated rings. The number of nitrogens with one attached hydrogen (secondary N) is 1. The molecule has 2 N–H and O–H groups in total. The number of nitrogens with zero attached hydrogens (tertiary/aromatic N) is 1. The first kappa shape index (κ1) is 20.6. The van der Waals surface area contributed by atoms with E-state index < -0.39 is 32.4 Å². The van der Waals surface area contributed by atoms with Crippen molar-refractivity contribution in [1.29, 1.82) is 0 Å². The van der Waals surface area contributed by atoms with Crippen LogP contribution in [-0.2, 0) is 20.4 Å². The highest BCUT2D eigenvalue weighted by Crippen LogP contribution is 2.50. The van der Waals surface area contributed by atoms with Crippen LogP contribution in [0.15, 0.2) is 29.2 Å². The van der Waals surface area contributed by atoms with Gasteiger partial charge in [-0.2, -0.15) is 0 Å². The van der Waals surface area contributed by atoms with E-state index in [4.69, 9.17) is 38.4 Å². The molecule has 0 spiro atoms. The van der Waals surface area contributed by atoms with Gasteiger partial charge in [-0.05, 0) is 50.2 Å². The van der Waals surface area contributed by atoms with Crippen LogP contribution in [-0.4, -0.2) is 34.3 Å². The van der Waals surface area contributed by atoms with Crippen LogP contribution in [0.3, 0.4) is 0 Å². The van der Waals surface area contributed by atoms with E-state index in [9.17, 15) is 14.3 Å². The van der Waals surface area contributed by atoms with E-state index in [0.717, 1.165) is 0 Å². The van der Waals surface area contributed by atoms with Crippen molar-refractivity contribution in [2.45, 2.75) is 44.4 Å². The predicted octanol–water partition coefficient (Wildman–Crippen LogP) is 2.70. The molecule has 4 rings (SSSR count). The molecule has 4 unspecified atom stereocenters. The molecule has 1 aromatic heterocycles. The summed E-state index contributed by atoms with van der Waals surface area (Å²) in [6.07, 6.45) is 1.06. The van der Waals surface area contributed by atoms with Gasteiger partial charge in [0.2, 0.25) is 0 Å². The first-order chi connectivity index (χ1) is 13.7. The van der Waals surface area contributed by atoms with Crippen molar-refractivity contribution >= 4 is 28.7 Å². The molecular weight excluding hydrogens is 421 g/mol. The zero-order valence-corrected chi connectivity index (χ0v) is 17.0. The number of hydrogen-bond donors (Lipinski definition) is 2. The van der Waals surface area contributed by atoms with Crippen molar-refractivity contribution in [3.05, 3.63) is 56.5 Å². The molecule has 2 aromatic rings. The number of aryl methyl sites for hydroxylation is 1. The van der Waals surface area contributed by atoms with Crippen LogP contribution in [0.1, 0.15) is 30.2 Å². The van der Waals surface area contributed by atoms with E-state index >= 15 is 0 Å². The van der Waals surface area contributed by atoms with E-state index in [1.807, 2.05) is 0 Å². The van der Waals surface area contributed by atoms with Crippen molar-refractivity contribution in [2.75, 3.05) is 0 Å². The lowest BCUT2D eigenvalue weighted by Crippen LogP contribution is -2.44. The molecule has 1 aromatic carbocycles. The number of ether oxygens (including phenoxy) is 1. The minimum absolute atomic E-state index is 0.0643. The average Bonchev–Trinajstić information content (AvgIpc) is 3.15. The highest BCUT2D eigenvalue weighted by Gasteiger charge is 2.43. The van der Waals surface area contributed by atoms with Crippen molar-refractivity contribution in [3.63, 3.8) is 0 Å². The fraction of sp³-hybridized carbons (Fsp3) is 0.412. The van der Waals surface area contributed by atoms with E-state index in [-0.39, 0.29) is 16.9 Å². The fourth-order valence-electron chi connectivity index (χ4n) is 3.13. The van der Waals surface area contributed by atoms with Gasteiger partial charge in [0.1, 0.15) is 23.9 Å². The van der Waals surface area contributed by atoms with Gasteiger partial charge < -0.3 is 14.4 Å². The number of fused-ring (bicyclic) bond motifs is 1. The normalized spacial score (nSPS) is 25.8. The van der Waals surface area contributed by atoms with Crippen LogP contribution >= 0.6 is 20.8 Å². The first-order valence-corrected chi connectivity index (χ1v) is 10.3. The lowest BCUT2D eigenvalue weighted by molar-refractivity contribution is -0.172. The number of rotatable bonds is 4. The summed E-state index contributed by atoms with van der Waals surface area (Å²) in [5, 5.41) is 10.6. The van der Waals surface area contributed by atoms with Gasteiger partial charge >= 0.3 is 8.60 Å². The number of halogens is 1. The molecule has 2 aliphatic rings. The number of H-pyrrole nitrogens is 1. The summed E-state index contributed by atoms with van der Waals surface area (Å²) in [6, 6.07) is 4.02. The van der Waals surface area contributed by atoms with Crippen LogP contribution in [0.25, 0.3) is 0 Å². The second kappa shape index (κ2) is 7.90. The zero-order valence-electron chi connectivity index (χ0n) is 15.3. The largest absolute Gasteiger partial charge is 0.426 e. The summed E-state index contributed by atoms with van der Waals surface area (Å²) >= 11 is 5.18. The van der Waals surface area contributed by atoms with Gasteiger partial charge in [-0.3, -0.25) is 23.4 Å². The Morgan fingerprint density at radius 1 is 1.48 bits per heavy atom. The van der Waals surface area contributed by atoms with E-state index in [1.165, 1.54) is 18.2 Å². The first-order valence-electron chi connectivity index (χ1n) is 8.80. The summed E-state index contributed by atoms with van der Waals surface area (Å²) in [7, 11) is 3.93. The predicted molar refractivity (Wildman–Crippen MR) is 104 cm³/mol. The Labute approximate surface area is 173 Å². The van der Waals surface area contributed by atoms with Gasteiger partial charge in [0, 0.05) is 17.3 Å². The highest BCUT2D eigenvalue weighted by molar-refractivity contribution is 7.71. The zero-order chi connectivity index (χ0) is 20.8. The third kappa shape index (κ3) is 4.30. The quantitative estimate of drug-likeness (QED) is 0.328. The second-order valence-corrected chi connectivity index (χ2v) is 8.28. The molecule has 0 amide bonds. The van der Waals surface area contributed by atoms with Gasteiger partial charge in [0.05, 0.1) is 6.61 Å². The smallest absolute Gasteiger partial charge is 0.399 e. The summed E-state index contributed by atoms with van der Waals surface area (Å²) in [5.41, 5.74) is -1.44. The van der Waals surface area contributed by atoms with Crippen LogP contribution in [0.5, 0.6) is 5.75 Å². The number of benzene rings is 1. The molecule has 4 atom stereocenters. The summed E-state index contributed by atoms with van der Waals surface area (Å²) in [5.74, 6) is -0.000255. The van der Waals surface area contributed by atoms with Gasteiger partial charge in [-0.25, -0.2) is 4.39 Å². The van der Waals surface area contributed by atoms with Crippen LogP contribution in [0.4, 0.5) is 4.39 Å². The lowest BCUT2D eigenvalue weighted by Gasteiger charge is -2.34. The molecule has 2 radical (unpaired) electrons. The van der Waals surface area contributed by atoms with Gasteiger partial charge in [0.15, 0.2) is 18.3 Å². The third-order valence-electron chi connectivity index (χ3n) is 4.66. The summed E-state index contributed by atoms with van der Waals surface area (Å²) in [4.78, 5) is 14.2. The third-order valence-corrected chi connectivity index (χ3v) is 6.10. The van der Waals surface area contributed by atoms with Crippen molar-refractivity contribution in [3.8, 4) is 5.75 Å². The fourth-order valence-corrected chi connectivity index (χ4v) is 4.48. The maximum atomic E-state index is 13.3. The van der Waals surface area contributed by atoms with Crippen LogP contribution in [0.2, 0.25) is 0 Å². The Balaban J connectivity index is 1.44. The van der Waals surface area contributed by atoms with Crippen LogP contribution in [0, 0.1) is 17.5 Å². The number of aromatic amines is 1. The Bertz CT molecular complexity index is 1050. The Morgan fingerprint density at radius 2 is 2.28 bits per heavy atom. The Kier molecular flexibility index (Phi) is 5.63. The molecule has 2 aliphatic heterocycles. The molecule has 0 aliphatic carbocycles.